The predicted octanol–water partition coefficient (Wildman–Crippen LogP) is 2.32. The van der Waals surface area contributed by atoms with Gasteiger partial charge in [0.1, 0.15) is 24.3 Å². The lowest BCUT2D eigenvalue weighted by molar-refractivity contribution is -0.128. The van der Waals surface area contributed by atoms with Crippen LogP contribution >= 0.6 is 0 Å². The fourth-order valence-corrected chi connectivity index (χ4v) is 3.55. The molecular weight excluding hydrogens is 336 g/mol. The van der Waals surface area contributed by atoms with Gasteiger partial charge in [0, 0.05) is 0 Å². The van der Waals surface area contributed by atoms with Gasteiger partial charge < -0.3 is 20.1 Å². The normalized spacial score (nSPS) is 25.6. The Bertz CT molecular complexity index is 523. The molecule has 7 heteroatoms. The molecule has 7 nitrogen and oxygen atoms in total. The highest BCUT2D eigenvalue weighted by molar-refractivity contribution is 5.94. The Balaban J connectivity index is 2.01. The molecule has 1 aliphatic heterocycles. The van der Waals surface area contributed by atoms with Crippen molar-refractivity contribution >= 4 is 17.8 Å². The van der Waals surface area contributed by atoms with Crippen LogP contribution in [0.3, 0.4) is 0 Å². The number of carbonyl (C=O) groups excluding carboxylic acids is 3. The summed E-state index contributed by atoms with van der Waals surface area (Å²) in [5, 5.41) is 5.45. The summed E-state index contributed by atoms with van der Waals surface area (Å²) in [6, 6.07) is -1.37. The average molecular weight is 368 g/mol. The van der Waals surface area contributed by atoms with Crippen molar-refractivity contribution in [2.45, 2.75) is 90.0 Å². The van der Waals surface area contributed by atoms with Gasteiger partial charge in [0.25, 0.3) is 0 Å². The zero-order valence-electron chi connectivity index (χ0n) is 16.3. The Morgan fingerprint density at radius 2 is 1.88 bits per heavy atom. The molecule has 3 atom stereocenters. The van der Waals surface area contributed by atoms with Crippen molar-refractivity contribution < 1.29 is 23.9 Å². The van der Waals surface area contributed by atoms with Crippen molar-refractivity contribution in [1.82, 2.24) is 10.6 Å². The SMILES string of the molecule is C[C@@H]1OCC(=O)[C@H]1NC(=O)[C@H](CC1CCCCC1)NC(=O)OC(C)(C)C. The summed E-state index contributed by atoms with van der Waals surface area (Å²) in [7, 11) is 0. The maximum absolute atomic E-state index is 12.8. The first-order valence-electron chi connectivity index (χ1n) is 9.60. The van der Waals surface area contributed by atoms with Crippen LogP contribution in [0, 0.1) is 5.92 Å². The minimum absolute atomic E-state index is 0.0128. The van der Waals surface area contributed by atoms with Gasteiger partial charge in [-0.15, -0.1) is 0 Å². The lowest BCUT2D eigenvalue weighted by Crippen LogP contribution is -2.54. The second-order valence-electron chi connectivity index (χ2n) is 8.41. The summed E-state index contributed by atoms with van der Waals surface area (Å²) >= 11 is 0. The number of carbonyl (C=O) groups is 3. The first-order chi connectivity index (χ1) is 12.2. The van der Waals surface area contributed by atoms with Crippen molar-refractivity contribution in [2.75, 3.05) is 6.61 Å². The molecule has 2 N–H and O–H groups in total. The van der Waals surface area contributed by atoms with E-state index in [1.165, 1.54) is 6.42 Å². The number of ketones is 1. The van der Waals surface area contributed by atoms with E-state index in [2.05, 4.69) is 10.6 Å². The van der Waals surface area contributed by atoms with Crippen LogP contribution in [0.5, 0.6) is 0 Å². The molecule has 2 aliphatic rings. The zero-order chi connectivity index (χ0) is 19.3. The molecule has 1 aliphatic carbocycles. The van der Waals surface area contributed by atoms with Crippen molar-refractivity contribution in [3.63, 3.8) is 0 Å². The van der Waals surface area contributed by atoms with Crippen molar-refractivity contribution in [1.29, 1.82) is 0 Å². The summed E-state index contributed by atoms with van der Waals surface area (Å²) in [6.07, 6.45) is 5.22. The molecule has 2 amide bonds. The molecular formula is C19H32N2O5. The third-order valence-electron chi connectivity index (χ3n) is 4.90. The number of hydrogen-bond acceptors (Lipinski definition) is 5. The number of Topliss-reactive ketones (excluding diaryl/α,β-unsaturated/α-hetero) is 1. The van der Waals surface area contributed by atoms with Gasteiger partial charge >= 0.3 is 6.09 Å². The highest BCUT2D eigenvalue weighted by atomic mass is 16.6. The lowest BCUT2D eigenvalue weighted by atomic mass is 9.84. The third-order valence-corrected chi connectivity index (χ3v) is 4.90. The maximum atomic E-state index is 12.8. The van der Waals surface area contributed by atoms with Crippen LogP contribution in [0.25, 0.3) is 0 Å². The van der Waals surface area contributed by atoms with E-state index in [-0.39, 0.29) is 24.4 Å². The van der Waals surface area contributed by atoms with E-state index in [1.807, 2.05) is 0 Å². The van der Waals surface area contributed by atoms with Crippen LogP contribution in [0.15, 0.2) is 0 Å². The van der Waals surface area contributed by atoms with Gasteiger partial charge in [0.05, 0.1) is 6.10 Å². The fraction of sp³-hybridized carbons (Fsp3) is 0.842. The molecule has 0 aromatic carbocycles. The second kappa shape index (κ2) is 8.84. The molecule has 0 aromatic heterocycles. The number of amides is 2. The minimum atomic E-state index is -0.714. The van der Waals surface area contributed by atoms with Crippen LogP contribution < -0.4 is 10.6 Å². The molecule has 0 unspecified atom stereocenters. The molecule has 1 heterocycles. The van der Waals surface area contributed by atoms with Gasteiger partial charge in [-0.3, -0.25) is 9.59 Å². The number of rotatable bonds is 5. The van der Waals surface area contributed by atoms with Crippen molar-refractivity contribution in [3.05, 3.63) is 0 Å². The molecule has 1 saturated carbocycles. The minimum Gasteiger partial charge on any atom is -0.444 e. The smallest absolute Gasteiger partial charge is 0.408 e. The first kappa shape index (κ1) is 20.7. The average Bonchev–Trinajstić information content (AvgIpc) is 2.85. The van der Waals surface area contributed by atoms with E-state index in [0.717, 1.165) is 25.7 Å². The van der Waals surface area contributed by atoms with Crippen LogP contribution in [-0.2, 0) is 19.1 Å². The molecule has 0 aromatic rings. The largest absolute Gasteiger partial charge is 0.444 e. The number of ether oxygens (including phenoxy) is 2. The van der Waals surface area contributed by atoms with E-state index < -0.39 is 23.8 Å². The molecule has 0 bridgehead atoms. The first-order valence-corrected chi connectivity index (χ1v) is 9.60. The Morgan fingerprint density at radius 1 is 1.23 bits per heavy atom. The van der Waals surface area contributed by atoms with Crippen LogP contribution in [-0.4, -0.2) is 48.2 Å². The topological polar surface area (TPSA) is 93.7 Å². The van der Waals surface area contributed by atoms with Crippen molar-refractivity contribution in [2.24, 2.45) is 5.92 Å². The van der Waals surface area contributed by atoms with Gasteiger partial charge in [-0.05, 0) is 40.0 Å². The molecule has 148 valence electrons. The van der Waals surface area contributed by atoms with E-state index in [9.17, 15) is 14.4 Å². The van der Waals surface area contributed by atoms with Crippen LogP contribution in [0.2, 0.25) is 0 Å². The van der Waals surface area contributed by atoms with E-state index >= 15 is 0 Å². The molecule has 26 heavy (non-hydrogen) atoms. The summed E-state index contributed by atoms with van der Waals surface area (Å²) in [5.41, 5.74) is -0.639. The molecule has 1 saturated heterocycles. The van der Waals surface area contributed by atoms with Gasteiger partial charge in [-0.2, -0.15) is 0 Å². The second-order valence-corrected chi connectivity index (χ2v) is 8.41. The van der Waals surface area contributed by atoms with E-state index in [0.29, 0.717) is 12.3 Å². The standard InChI is InChI=1S/C19H32N2O5/c1-12-16(15(22)11-25-12)21-17(23)14(10-13-8-6-5-7-9-13)20-18(24)26-19(2,3)4/h12-14,16H,5-11H2,1-4H3,(H,20,24)(H,21,23)/t12-,14-,16-/m0/s1. The lowest BCUT2D eigenvalue weighted by Gasteiger charge is -2.28. The van der Waals surface area contributed by atoms with E-state index in [4.69, 9.17) is 9.47 Å². The molecule has 2 rings (SSSR count). The van der Waals surface area contributed by atoms with Gasteiger partial charge in [0.15, 0.2) is 5.78 Å². The fourth-order valence-electron chi connectivity index (χ4n) is 3.55. The molecule has 2 fully saturated rings. The number of hydrogen-bond donors (Lipinski definition) is 2. The maximum Gasteiger partial charge on any atom is 0.408 e. The predicted molar refractivity (Wildman–Crippen MR) is 96.7 cm³/mol. The van der Waals surface area contributed by atoms with Gasteiger partial charge in [-0.25, -0.2) is 4.79 Å². The molecule has 0 radical (unpaired) electrons. The Morgan fingerprint density at radius 3 is 2.42 bits per heavy atom. The van der Waals surface area contributed by atoms with Crippen molar-refractivity contribution in [3.8, 4) is 0 Å². The highest BCUT2D eigenvalue weighted by Gasteiger charge is 2.36. The van der Waals surface area contributed by atoms with E-state index in [1.54, 1.807) is 27.7 Å². The summed E-state index contributed by atoms with van der Waals surface area (Å²) in [6.45, 7) is 7.10. The Labute approximate surface area is 155 Å². The molecule has 0 spiro atoms. The highest BCUT2D eigenvalue weighted by Crippen LogP contribution is 2.27. The van der Waals surface area contributed by atoms with Gasteiger partial charge in [0.2, 0.25) is 5.91 Å². The summed E-state index contributed by atoms with van der Waals surface area (Å²) < 4.78 is 10.6. The summed E-state index contributed by atoms with van der Waals surface area (Å²) in [4.78, 5) is 36.8. The van der Waals surface area contributed by atoms with Crippen LogP contribution in [0.1, 0.15) is 66.2 Å². The quantitative estimate of drug-likeness (QED) is 0.777. The summed E-state index contributed by atoms with van der Waals surface area (Å²) in [5.74, 6) is -0.0981. The Kier molecular flexibility index (Phi) is 7.03. The number of nitrogens with one attached hydrogen (secondary N) is 2. The Hall–Kier alpha value is -1.63. The third kappa shape index (κ3) is 6.27. The van der Waals surface area contributed by atoms with Gasteiger partial charge in [-0.1, -0.05) is 32.1 Å². The number of alkyl carbamates (subject to hydrolysis) is 1. The monoisotopic (exact) mass is 368 g/mol. The zero-order valence-corrected chi connectivity index (χ0v) is 16.3. The van der Waals surface area contributed by atoms with Crippen LogP contribution in [0.4, 0.5) is 4.79 Å².